The van der Waals surface area contributed by atoms with Crippen LogP contribution >= 0.6 is 0 Å². The largest absolute Gasteiger partial charge is 0.341 e. The van der Waals surface area contributed by atoms with Crippen molar-refractivity contribution in [2.75, 3.05) is 13.1 Å². The van der Waals surface area contributed by atoms with Gasteiger partial charge in [-0.2, -0.15) is 0 Å². The highest BCUT2D eigenvalue weighted by Gasteiger charge is 2.17. The van der Waals surface area contributed by atoms with Crippen molar-refractivity contribution in [3.05, 3.63) is 48.0 Å². The molecular formula is C19H22N2. The van der Waals surface area contributed by atoms with Crippen molar-refractivity contribution in [3.63, 3.8) is 0 Å². The number of fused-ring (bicyclic) bond motifs is 3. The average molecular weight is 278 g/mol. The summed E-state index contributed by atoms with van der Waals surface area (Å²) >= 11 is 0. The number of nitrogens with zero attached hydrogens (tertiary/aromatic N) is 1. The Morgan fingerprint density at radius 2 is 1.95 bits per heavy atom. The van der Waals surface area contributed by atoms with E-state index in [0.29, 0.717) is 5.92 Å². The fourth-order valence-electron chi connectivity index (χ4n) is 3.80. The van der Waals surface area contributed by atoms with Crippen LogP contribution in [0, 0.1) is 0 Å². The van der Waals surface area contributed by atoms with Gasteiger partial charge in [0.25, 0.3) is 0 Å². The van der Waals surface area contributed by atoms with Crippen molar-refractivity contribution in [1.82, 2.24) is 9.88 Å². The highest BCUT2D eigenvalue weighted by Crippen LogP contribution is 2.32. The third-order valence-corrected chi connectivity index (χ3v) is 4.88. The zero-order valence-electron chi connectivity index (χ0n) is 12.6. The number of benzene rings is 2. The molecule has 1 fully saturated rings. The quantitative estimate of drug-likeness (QED) is 0.740. The number of piperidine rings is 1. The molecule has 21 heavy (non-hydrogen) atoms. The molecule has 2 heterocycles. The first-order valence-corrected chi connectivity index (χ1v) is 8.10. The number of hydrogen-bond acceptors (Lipinski definition) is 1. The molecule has 4 rings (SSSR count). The Bertz CT molecular complexity index is 779. The van der Waals surface area contributed by atoms with Gasteiger partial charge in [-0.15, -0.1) is 0 Å². The molecule has 1 saturated heterocycles. The minimum Gasteiger partial charge on any atom is -0.341 e. The van der Waals surface area contributed by atoms with Crippen LogP contribution in [0.25, 0.3) is 21.8 Å². The van der Waals surface area contributed by atoms with E-state index >= 15 is 0 Å². The van der Waals surface area contributed by atoms with Crippen molar-refractivity contribution >= 4 is 21.8 Å². The number of aromatic nitrogens is 1. The van der Waals surface area contributed by atoms with E-state index in [1.165, 1.54) is 46.8 Å². The lowest BCUT2D eigenvalue weighted by atomic mass is 9.91. The van der Waals surface area contributed by atoms with Crippen molar-refractivity contribution in [2.24, 2.45) is 0 Å². The molecule has 108 valence electrons. The third-order valence-electron chi connectivity index (χ3n) is 4.88. The lowest BCUT2D eigenvalue weighted by molar-refractivity contribution is 0.462. The van der Waals surface area contributed by atoms with Gasteiger partial charge in [0.1, 0.15) is 0 Å². The molecule has 0 saturated carbocycles. The number of nitrogens with one attached hydrogen (secondary N) is 1. The zero-order valence-corrected chi connectivity index (χ0v) is 12.6. The topological polar surface area (TPSA) is 17.0 Å². The van der Waals surface area contributed by atoms with Gasteiger partial charge in [-0.05, 0) is 56.0 Å². The van der Waals surface area contributed by atoms with Crippen LogP contribution in [0.15, 0.2) is 42.5 Å². The molecule has 1 aliphatic heterocycles. The standard InChI is InChI=1S/C19H22N2/c1-2-21-18-8-4-3-7-16(18)17-12-14(9-10-19(17)21)15-6-5-11-20-13-15/h3-4,7-10,12,15,20H,2,5-6,11,13H2,1H3. The third kappa shape index (κ3) is 2.06. The van der Waals surface area contributed by atoms with Gasteiger partial charge in [0, 0.05) is 34.9 Å². The molecule has 3 aromatic rings. The fraction of sp³-hybridized carbons (Fsp3) is 0.368. The van der Waals surface area contributed by atoms with Crippen LogP contribution in [-0.2, 0) is 6.54 Å². The molecule has 0 amide bonds. The molecule has 0 aliphatic carbocycles. The first-order chi connectivity index (χ1) is 10.4. The maximum atomic E-state index is 3.53. The van der Waals surface area contributed by atoms with E-state index in [9.17, 15) is 0 Å². The Labute approximate surface area is 125 Å². The van der Waals surface area contributed by atoms with Crippen molar-refractivity contribution in [1.29, 1.82) is 0 Å². The summed E-state index contributed by atoms with van der Waals surface area (Å²) in [5.41, 5.74) is 4.22. The molecule has 0 radical (unpaired) electrons. The van der Waals surface area contributed by atoms with Crippen LogP contribution in [0.1, 0.15) is 31.2 Å². The van der Waals surface area contributed by atoms with Crippen LogP contribution in [0.2, 0.25) is 0 Å². The Morgan fingerprint density at radius 3 is 2.76 bits per heavy atom. The molecule has 0 spiro atoms. The van der Waals surface area contributed by atoms with E-state index < -0.39 is 0 Å². The summed E-state index contributed by atoms with van der Waals surface area (Å²) < 4.78 is 2.42. The van der Waals surface area contributed by atoms with Crippen LogP contribution < -0.4 is 5.32 Å². The summed E-state index contributed by atoms with van der Waals surface area (Å²) in [4.78, 5) is 0. The predicted molar refractivity (Wildman–Crippen MR) is 90.0 cm³/mol. The number of para-hydroxylation sites is 1. The van der Waals surface area contributed by atoms with Crippen LogP contribution in [0.4, 0.5) is 0 Å². The van der Waals surface area contributed by atoms with Gasteiger partial charge in [-0.25, -0.2) is 0 Å². The summed E-state index contributed by atoms with van der Waals surface area (Å²) in [5.74, 6) is 0.673. The minimum atomic E-state index is 0.673. The lowest BCUT2D eigenvalue weighted by Crippen LogP contribution is -2.28. The molecule has 2 heteroatoms. The number of hydrogen-bond donors (Lipinski definition) is 1. The zero-order chi connectivity index (χ0) is 14.2. The minimum absolute atomic E-state index is 0.673. The summed E-state index contributed by atoms with van der Waals surface area (Å²) in [6.45, 7) is 5.55. The lowest BCUT2D eigenvalue weighted by Gasteiger charge is -2.23. The number of aryl methyl sites for hydroxylation is 1. The molecule has 2 nitrogen and oxygen atoms in total. The average Bonchev–Trinajstić information content (AvgIpc) is 2.88. The van der Waals surface area contributed by atoms with E-state index in [2.05, 4.69) is 59.3 Å². The molecule has 1 unspecified atom stereocenters. The van der Waals surface area contributed by atoms with Crippen molar-refractivity contribution in [3.8, 4) is 0 Å². The van der Waals surface area contributed by atoms with Gasteiger partial charge in [0.05, 0.1) is 0 Å². The molecule has 1 N–H and O–H groups in total. The van der Waals surface area contributed by atoms with Gasteiger partial charge in [-0.3, -0.25) is 0 Å². The first kappa shape index (κ1) is 12.9. The van der Waals surface area contributed by atoms with E-state index in [1.807, 2.05) is 0 Å². The second-order valence-corrected chi connectivity index (χ2v) is 6.08. The Hall–Kier alpha value is -1.80. The van der Waals surface area contributed by atoms with Gasteiger partial charge in [-0.1, -0.05) is 24.3 Å². The summed E-state index contributed by atoms with van der Waals surface area (Å²) in [7, 11) is 0. The monoisotopic (exact) mass is 278 g/mol. The second kappa shape index (κ2) is 5.19. The van der Waals surface area contributed by atoms with E-state index in [1.54, 1.807) is 0 Å². The maximum absolute atomic E-state index is 3.53. The van der Waals surface area contributed by atoms with Crippen molar-refractivity contribution in [2.45, 2.75) is 32.2 Å². The smallest absolute Gasteiger partial charge is 0.0491 e. The Balaban J connectivity index is 1.92. The van der Waals surface area contributed by atoms with E-state index in [4.69, 9.17) is 0 Å². The summed E-state index contributed by atoms with van der Waals surface area (Å²) in [5, 5.41) is 6.33. The van der Waals surface area contributed by atoms with E-state index in [0.717, 1.165) is 13.1 Å². The normalized spacial score (nSPS) is 19.4. The van der Waals surface area contributed by atoms with Gasteiger partial charge >= 0.3 is 0 Å². The van der Waals surface area contributed by atoms with Crippen molar-refractivity contribution < 1.29 is 0 Å². The van der Waals surface area contributed by atoms with E-state index in [-0.39, 0.29) is 0 Å². The second-order valence-electron chi connectivity index (χ2n) is 6.08. The Morgan fingerprint density at radius 1 is 1.10 bits per heavy atom. The highest BCUT2D eigenvalue weighted by atomic mass is 15.0. The van der Waals surface area contributed by atoms with Gasteiger partial charge < -0.3 is 9.88 Å². The molecule has 2 aromatic carbocycles. The van der Waals surface area contributed by atoms with Crippen LogP contribution in [0.5, 0.6) is 0 Å². The number of rotatable bonds is 2. The van der Waals surface area contributed by atoms with Gasteiger partial charge in [0.15, 0.2) is 0 Å². The summed E-state index contributed by atoms with van der Waals surface area (Å²) in [6, 6.07) is 15.9. The fourth-order valence-corrected chi connectivity index (χ4v) is 3.80. The first-order valence-electron chi connectivity index (χ1n) is 8.10. The molecular weight excluding hydrogens is 256 g/mol. The maximum Gasteiger partial charge on any atom is 0.0491 e. The van der Waals surface area contributed by atoms with Crippen LogP contribution in [-0.4, -0.2) is 17.7 Å². The molecule has 0 bridgehead atoms. The highest BCUT2D eigenvalue weighted by molar-refractivity contribution is 6.08. The Kier molecular flexibility index (Phi) is 3.19. The van der Waals surface area contributed by atoms with Crippen LogP contribution in [0.3, 0.4) is 0 Å². The predicted octanol–water partition coefficient (Wildman–Crippen LogP) is 4.28. The molecule has 1 aliphatic rings. The SMILES string of the molecule is CCn1c2ccccc2c2cc(C3CCCNC3)ccc21. The molecule has 1 atom stereocenters. The summed E-state index contributed by atoms with van der Waals surface area (Å²) in [6.07, 6.45) is 2.60. The molecule has 1 aromatic heterocycles. The van der Waals surface area contributed by atoms with Gasteiger partial charge in [0.2, 0.25) is 0 Å².